The van der Waals surface area contributed by atoms with E-state index in [0.29, 0.717) is 6.04 Å². The molecule has 0 bridgehead atoms. The van der Waals surface area contributed by atoms with Gasteiger partial charge >= 0.3 is 0 Å². The molecule has 0 saturated carbocycles. The van der Waals surface area contributed by atoms with Gasteiger partial charge < -0.3 is 0 Å². The van der Waals surface area contributed by atoms with E-state index in [9.17, 15) is 0 Å². The predicted octanol–water partition coefficient (Wildman–Crippen LogP) is 5.32. The van der Waals surface area contributed by atoms with Gasteiger partial charge in [0.05, 0.1) is 18.7 Å². The van der Waals surface area contributed by atoms with Gasteiger partial charge in [0.25, 0.3) is 5.82 Å². The zero-order chi connectivity index (χ0) is 17.6. The molecule has 1 aromatic heterocycles. The maximum Gasteiger partial charge on any atom is 0.290 e. The summed E-state index contributed by atoms with van der Waals surface area (Å²) < 4.78 is 4.78. The summed E-state index contributed by atoms with van der Waals surface area (Å²) in [7, 11) is 2.17. The Labute approximate surface area is 145 Å². The summed E-state index contributed by atoms with van der Waals surface area (Å²) >= 11 is 0. The molecule has 3 aromatic rings. The second-order valence-corrected chi connectivity index (χ2v) is 8.11. The predicted molar refractivity (Wildman–Crippen MR) is 102 cm³/mol. The van der Waals surface area contributed by atoms with E-state index in [1.165, 1.54) is 33.5 Å². The molecule has 0 N–H and O–H groups in total. The summed E-state index contributed by atoms with van der Waals surface area (Å²) in [5, 5.41) is 0. The molecular formula is C22H29N2+. The zero-order valence-corrected chi connectivity index (χ0v) is 16.0. The number of imidazole rings is 1. The SMILES string of the molecule is Cc1cc(C(C)(C)C)ccc1-c1n(C(C)C)c2ccccc2[n+]1C. The standard InChI is InChI=1S/C22H29N2/c1-15(2)24-20-11-9-8-10-19(20)23(7)21(24)18-13-12-17(14-16(18)3)22(4,5)6/h8-15H,1-7H3/q+1. The second kappa shape index (κ2) is 5.77. The Hall–Kier alpha value is -2.09. The van der Waals surface area contributed by atoms with Crippen LogP contribution >= 0.6 is 0 Å². The first-order valence-electron chi connectivity index (χ1n) is 8.82. The van der Waals surface area contributed by atoms with Crippen LogP contribution in [0.3, 0.4) is 0 Å². The van der Waals surface area contributed by atoms with Crippen LogP contribution in [0.1, 0.15) is 51.8 Å². The monoisotopic (exact) mass is 321 g/mol. The Morgan fingerprint density at radius 2 is 1.67 bits per heavy atom. The summed E-state index contributed by atoms with van der Waals surface area (Å²) in [5.41, 5.74) is 6.79. The lowest BCUT2D eigenvalue weighted by Gasteiger charge is -2.20. The molecule has 0 spiro atoms. The van der Waals surface area contributed by atoms with Crippen molar-refractivity contribution >= 4 is 11.0 Å². The molecule has 126 valence electrons. The minimum absolute atomic E-state index is 0.177. The van der Waals surface area contributed by atoms with Gasteiger partial charge in [0.1, 0.15) is 0 Å². The summed E-state index contributed by atoms with van der Waals surface area (Å²) in [6.07, 6.45) is 0. The van der Waals surface area contributed by atoms with E-state index < -0.39 is 0 Å². The van der Waals surface area contributed by atoms with Crippen LogP contribution < -0.4 is 4.57 Å². The van der Waals surface area contributed by atoms with Gasteiger partial charge in [-0.2, -0.15) is 0 Å². The average molecular weight is 321 g/mol. The maximum absolute atomic E-state index is 2.45. The van der Waals surface area contributed by atoms with E-state index >= 15 is 0 Å². The van der Waals surface area contributed by atoms with Gasteiger partial charge in [0, 0.05) is 0 Å². The van der Waals surface area contributed by atoms with Crippen molar-refractivity contribution in [3.63, 3.8) is 0 Å². The first kappa shape index (κ1) is 16.8. The summed E-state index contributed by atoms with van der Waals surface area (Å²) in [4.78, 5) is 0. The third-order valence-electron chi connectivity index (χ3n) is 4.90. The molecule has 2 nitrogen and oxygen atoms in total. The maximum atomic E-state index is 2.45. The van der Waals surface area contributed by atoms with E-state index in [2.05, 4.69) is 100 Å². The number of rotatable bonds is 2. The van der Waals surface area contributed by atoms with E-state index in [-0.39, 0.29) is 5.41 Å². The number of aromatic nitrogens is 2. The molecule has 0 amide bonds. The fraction of sp³-hybridized carbons (Fsp3) is 0.409. The minimum Gasteiger partial charge on any atom is -0.226 e. The second-order valence-electron chi connectivity index (χ2n) is 8.11. The lowest BCUT2D eigenvalue weighted by atomic mass is 9.85. The number of hydrogen-bond acceptors (Lipinski definition) is 0. The van der Waals surface area contributed by atoms with Crippen LogP contribution in [0.2, 0.25) is 0 Å². The van der Waals surface area contributed by atoms with Crippen LogP contribution in [-0.2, 0) is 12.5 Å². The quantitative estimate of drug-likeness (QED) is 0.565. The average Bonchev–Trinajstić information content (AvgIpc) is 2.80. The molecular weight excluding hydrogens is 292 g/mol. The first-order valence-corrected chi connectivity index (χ1v) is 8.82. The third-order valence-corrected chi connectivity index (χ3v) is 4.90. The largest absolute Gasteiger partial charge is 0.290 e. The van der Waals surface area contributed by atoms with Gasteiger partial charge in [-0.15, -0.1) is 0 Å². The molecule has 24 heavy (non-hydrogen) atoms. The van der Waals surface area contributed by atoms with E-state index in [1.54, 1.807) is 0 Å². The lowest BCUT2D eigenvalue weighted by molar-refractivity contribution is -0.634. The van der Waals surface area contributed by atoms with Gasteiger partial charge in [0.15, 0.2) is 11.0 Å². The van der Waals surface area contributed by atoms with Crippen LogP contribution in [0.15, 0.2) is 42.5 Å². The number of benzene rings is 2. The molecule has 0 saturated heterocycles. The van der Waals surface area contributed by atoms with Crippen LogP contribution in [-0.4, -0.2) is 4.57 Å². The van der Waals surface area contributed by atoms with Crippen LogP contribution in [0, 0.1) is 6.92 Å². The molecule has 0 radical (unpaired) electrons. The highest BCUT2D eigenvalue weighted by molar-refractivity contribution is 5.77. The molecule has 0 aliphatic carbocycles. The smallest absolute Gasteiger partial charge is 0.226 e. The van der Waals surface area contributed by atoms with Gasteiger partial charge in [-0.25, -0.2) is 9.13 Å². The van der Waals surface area contributed by atoms with E-state index in [0.717, 1.165) is 0 Å². The Bertz CT molecular complexity index is 892. The van der Waals surface area contributed by atoms with Crippen LogP contribution in [0.4, 0.5) is 0 Å². The van der Waals surface area contributed by atoms with Crippen molar-refractivity contribution in [2.24, 2.45) is 7.05 Å². The molecule has 3 rings (SSSR count). The van der Waals surface area contributed by atoms with Gasteiger partial charge in [-0.3, -0.25) is 0 Å². The molecule has 2 heteroatoms. The van der Waals surface area contributed by atoms with Gasteiger partial charge in [0.2, 0.25) is 0 Å². The molecule has 2 aromatic carbocycles. The van der Waals surface area contributed by atoms with Gasteiger partial charge in [-0.1, -0.05) is 45.0 Å². The lowest BCUT2D eigenvalue weighted by Crippen LogP contribution is -2.31. The number of nitrogens with zero attached hydrogens (tertiary/aromatic N) is 2. The zero-order valence-electron chi connectivity index (χ0n) is 16.0. The molecule has 0 fully saturated rings. The van der Waals surface area contributed by atoms with Crippen molar-refractivity contribution in [3.05, 3.63) is 53.6 Å². The molecule has 1 heterocycles. The summed E-state index contributed by atoms with van der Waals surface area (Å²) in [6, 6.07) is 16.0. The topological polar surface area (TPSA) is 8.81 Å². The summed E-state index contributed by atoms with van der Waals surface area (Å²) in [5.74, 6) is 1.28. The van der Waals surface area contributed by atoms with Crippen molar-refractivity contribution in [1.82, 2.24) is 4.57 Å². The number of aryl methyl sites for hydroxylation is 2. The van der Waals surface area contributed by atoms with Crippen molar-refractivity contribution < 1.29 is 4.57 Å². The summed E-state index contributed by atoms with van der Waals surface area (Å²) in [6.45, 7) is 13.6. The molecule has 0 aliphatic heterocycles. The normalized spacial score (nSPS) is 12.3. The molecule has 0 aliphatic rings. The number of para-hydroxylation sites is 2. The highest BCUT2D eigenvalue weighted by Gasteiger charge is 2.27. The molecule has 0 atom stereocenters. The highest BCUT2D eigenvalue weighted by Crippen LogP contribution is 2.31. The van der Waals surface area contributed by atoms with Gasteiger partial charge in [-0.05, 0) is 55.5 Å². The van der Waals surface area contributed by atoms with Crippen molar-refractivity contribution in [2.45, 2.75) is 53.0 Å². The first-order chi connectivity index (χ1) is 11.2. The number of hydrogen-bond donors (Lipinski definition) is 0. The fourth-order valence-electron chi connectivity index (χ4n) is 3.56. The van der Waals surface area contributed by atoms with Crippen molar-refractivity contribution in [3.8, 4) is 11.4 Å². The van der Waals surface area contributed by atoms with E-state index in [1.807, 2.05) is 0 Å². The van der Waals surface area contributed by atoms with Crippen molar-refractivity contribution in [2.75, 3.05) is 0 Å². The molecule has 0 unspecified atom stereocenters. The Balaban J connectivity index is 2.31. The minimum atomic E-state index is 0.177. The van der Waals surface area contributed by atoms with E-state index in [4.69, 9.17) is 0 Å². The fourth-order valence-corrected chi connectivity index (χ4v) is 3.56. The Kier molecular flexibility index (Phi) is 4.03. The highest BCUT2D eigenvalue weighted by atomic mass is 15.2. The third kappa shape index (κ3) is 2.64. The number of fused-ring (bicyclic) bond motifs is 1. The van der Waals surface area contributed by atoms with Crippen molar-refractivity contribution in [1.29, 1.82) is 0 Å². The van der Waals surface area contributed by atoms with Crippen LogP contribution in [0.25, 0.3) is 22.4 Å². The Morgan fingerprint density at radius 3 is 2.25 bits per heavy atom. The van der Waals surface area contributed by atoms with Crippen LogP contribution in [0.5, 0.6) is 0 Å². The Morgan fingerprint density at radius 1 is 1.00 bits per heavy atom.